The van der Waals surface area contributed by atoms with Crippen LogP contribution in [0.25, 0.3) is 10.8 Å². The maximum absolute atomic E-state index is 13.3. The Hall–Kier alpha value is -2.97. The van der Waals surface area contributed by atoms with Gasteiger partial charge in [0, 0.05) is 31.8 Å². The minimum atomic E-state index is -0.835. The summed E-state index contributed by atoms with van der Waals surface area (Å²) in [6.45, 7) is 4.91. The van der Waals surface area contributed by atoms with Crippen LogP contribution in [-0.4, -0.2) is 71.1 Å². The van der Waals surface area contributed by atoms with Crippen molar-refractivity contribution in [3.8, 4) is 0 Å². The van der Waals surface area contributed by atoms with Crippen LogP contribution >= 0.6 is 0 Å². The Balaban J connectivity index is 1.93. The lowest BCUT2D eigenvalue weighted by Gasteiger charge is -2.38. The van der Waals surface area contributed by atoms with E-state index in [0.29, 0.717) is 38.8 Å². The van der Waals surface area contributed by atoms with Crippen LogP contribution < -0.4 is 11.1 Å². The fourth-order valence-corrected chi connectivity index (χ4v) is 4.89. The number of likely N-dealkylation sites (tertiary alicyclic amines) is 1. The first-order valence-corrected chi connectivity index (χ1v) is 12.6. The van der Waals surface area contributed by atoms with Gasteiger partial charge >= 0.3 is 0 Å². The summed E-state index contributed by atoms with van der Waals surface area (Å²) in [5, 5.41) is 15.5. The molecule has 8 nitrogen and oxygen atoms in total. The molecule has 3 rings (SSSR count). The van der Waals surface area contributed by atoms with Crippen molar-refractivity contribution < 1.29 is 19.5 Å². The first kappa shape index (κ1) is 26.6. The second kappa shape index (κ2) is 12.7. The van der Waals surface area contributed by atoms with Gasteiger partial charge in [0.05, 0.1) is 6.10 Å². The maximum atomic E-state index is 13.3. The van der Waals surface area contributed by atoms with Gasteiger partial charge in [0.15, 0.2) is 0 Å². The molecule has 8 heteroatoms. The van der Waals surface area contributed by atoms with Crippen molar-refractivity contribution in [1.29, 1.82) is 0 Å². The van der Waals surface area contributed by atoms with E-state index in [1.54, 1.807) is 4.90 Å². The molecule has 190 valence electrons. The molecule has 4 N–H and O–H groups in total. The zero-order valence-corrected chi connectivity index (χ0v) is 20.7. The van der Waals surface area contributed by atoms with Crippen molar-refractivity contribution in [3.05, 3.63) is 48.0 Å². The lowest BCUT2D eigenvalue weighted by Crippen LogP contribution is -2.57. The summed E-state index contributed by atoms with van der Waals surface area (Å²) < 4.78 is 0. The number of amides is 3. The fourth-order valence-electron chi connectivity index (χ4n) is 4.89. The topological polar surface area (TPSA) is 116 Å². The first-order valence-electron chi connectivity index (χ1n) is 12.6. The third-order valence-electron chi connectivity index (χ3n) is 6.92. The van der Waals surface area contributed by atoms with Crippen molar-refractivity contribution in [1.82, 2.24) is 15.1 Å². The molecule has 0 radical (unpaired) electrons. The molecule has 1 fully saturated rings. The Morgan fingerprint density at radius 3 is 2.57 bits per heavy atom. The van der Waals surface area contributed by atoms with Gasteiger partial charge in [-0.25, -0.2) is 0 Å². The van der Waals surface area contributed by atoms with Crippen LogP contribution in [-0.2, 0) is 20.8 Å². The Kier molecular flexibility index (Phi) is 9.63. The minimum Gasteiger partial charge on any atom is -0.391 e. The summed E-state index contributed by atoms with van der Waals surface area (Å²) in [5.41, 5.74) is 6.49. The molecule has 0 aliphatic carbocycles. The van der Waals surface area contributed by atoms with Crippen LogP contribution in [0.3, 0.4) is 0 Å². The number of rotatable bonds is 12. The molecular weight excluding hydrogens is 444 g/mol. The number of nitrogens with one attached hydrogen (secondary N) is 1. The predicted octanol–water partition coefficient (Wildman–Crippen LogP) is 2.03. The Labute approximate surface area is 207 Å². The Bertz CT molecular complexity index is 1010. The number of aliphatic hydroxyl groups is 1. The van der Waals surface area contributed by atoms with E-state index < -0.39 is 18.3 Å². The Morgan fingerprint density at radius 2 is 1.91 bits per heavy atom. The summed E-state index contributed by atoms with van der Waals surface area (Å²) in [6.07, 6.45) is 1.70. The molecule has 2 aromatic carbocycles. The number of hydrogen-bond acceptors (Lipinski definition) is 5. The first-order chi connectivity index (χ1) is 16.9. The molecule has 2 aromatic rings. The van der Waals surface area contributed by atoms with E-state index in [0.717, 1.165) is 16.3 Å². The smallest absolute Gasteiger partial charge is 0.243 e. The third-order valence-corrected chi connectivity index (χ3v) is 6.92. The highest BCUT2D eigenvalue weighted by Crippen LogP contribution is 2.27. The number of β-amino-alcohol motifs (C(OH)–C–C–N with tert-alkyl or cyclic N) is 1. The number of benzene rings is 2. The standard InChI is InChI=1S/C27H38N4O4/c1-3-20(4-2)27(35)30-17-23(33)16-25(30)31(18-32)24(26(34)29-13-7-12-28)15-19-10-11-21-8-5-6-9-22(21)14-19/h5-6,8-11,14,18,20,23-25,33H,3-4,7,12-13,15-17,28H2,1-2H3,(H,29,34)/t23-,24-,25?/m1/s1. The van der Waals surface area contributed by atoms with Crippen LogP contribution in [0, 0.1) is 5.92 Å². The molecule has 0 aromatic heterocycles. The molecule has 3 amide bonds. The van der Waals surface area contributed by atoms with Crippen LogP contribution in [0.5, 0.6) is 0 Å². The summed E-state index contributed by atoms with van der Waals surface area (Å²) in [5.74, 6) is -0.569. The normalized spacial score (nSPS) is 18.6. The molecule has 0 spiro atoms. The number of aliphatic hydroxyl groups excluding tert-OH is 1. The summed E-state index contributed by atoms with van der Waals surface area (Å²) in [7, 11) is 0. The number of nitrogens with zero attached hydrogens (tertiary/aromatic N) is 2. The third kappa shape index (κ3) is 6.38. The molecule has 1 saturated heterocycles. The second-order valence-electron chi connectivity index (χ2n) is 9.26. The molecular formula is C27H38N4O4. The lowest BCUT2D eigenvalue weighted by atomic mass is 9.99. The highest BCUT2D eigenvalue weighted by molar-refractivity contribution is 5.86. The van der Waals surface area contributed by atoms with E-state index in [1.165, 1.54) is 4.90 Å². The number of carbonyl (C=O) groups is 3. The van der Waals surface area contributed by atoms with E-state index in [1.807, 2.05) is 56.3 Å². The van der Waals surface area contributed by atoms with Gasteiger partial charge in [0.2, 0.25) is 18.2 Å². The van der Waals surface area contributed by atoms with Crippen molar-refractivity contribution >= 4 is 29.0 Å². The second-order valence-corrected chi connectivity index (χ2v) is 9.26. The fraction of sp³-hybridized carbons (Fsp3) is 0.519. The van der Waals surface area contributed by atoms with E-state index >= 15 is 0 Å². The predicted molar refractivity (Wildman–Crippen MR) is 136 cm³/mol. The van der Waals surface area contributed by atoms with Gasteiger partial charge in [-0.1, -0.05) is 56.3 Å². The number of nitrogens with two attached hydrogens (primary N) is 1. The van der Waals surface area contributed by atoms with Gasteiger partial charge in [-0.2, -0.15) is 0 Å². The van der Waals surface area contributed by atoms with Gasteiger partial charge < -0.3 is 26.0 Å². The molecule has 1 unspecified atom stereocenters. The van der Waals surface area contributed by atoms with Gasteiger partial charge in [-0.3, -0.25) is 14.4 Å². The average Bonchev–Trinajstić information content (AvgIpc) is 3.25. The lowest BCUT2D eigenvalue weighted by molar-refractivity contribution is -0.147. The highest BCUT2D eigenvalue weighted by atomic mass is 16.3. The molecule has 1 aliphatic rings. The molecule has 35 heavy (non-hydrogen) atoms. The van der Waals surface area contributed by atoms with Crippen LogP contribution in [0.2, 0.25) is 0 Å². The van der Waals surface area contributed by atoms with Gasteiger partial charge in [0.1, 0.15) is 12.2 Å². The number of fused-ring (bicyclic) bond motifs is 1. The number of carbonyl (C=O) groups excluding carboxylic acids is 3. The van der Waals surface area contributed by atoms with Crippen molar-refractivity contribution in [2.45, 2.75) is 64.3 Å². The molecule has 3 atom stereocenters. The van der Waals surface area contributed by atoms with Crippen molar-refractivity contribution in [2.75, 3.05) is 19.6 Å². The van der Waals surface area contributed by atoms with Gasteiger partial charge in [-0.05, 0) is 42.1 Å². The maximum Gasteiger partial charge on any atom is 0.243 e. The van der Waals surface area contributed by atoms with Crippen LogP contribution in [0.4, 0.5) is 0 Å². The van der Waals surface area contributed by atoms with Crippen molar-refractivity contribution in [3.63, 3.8) is 0 Å². The van der Waals surface area contributed by atoms with Crippen LogP contribution in [0.1, 0.15) is 45.1 Å². The van der Waals surface area contributed by atoms with E-state index in [4.69, 9.17) is 5.73 Å². The van der Waals surface area contributed by atoms with Gasteiger partial charge in [-0.15, -0.1) is 0 Å². The summed E-state index contributed by atoms with van der Waals surface area (Å²) >= 11 is 0. The highest BCUT2D eigenvalue weighted by Gasteiger charge is 2.43. The SMILES string of the molecule is CCC(CC)C(=O)N1C[C@H](O)CC1N(C=O)[C@H](Cc1ccc2ccccc2c1)C(=O)NCCCN. The van der Waals surface area contributed by atoms with Crippen LogP contribution in [0.15, 0.2) is 42.5 Å². The van der Waals surface area contributed by atoms with E-state index in [-0.39, 0.29) is 37.1 Å². The molecule has 0 saturated carbocycles. The Morgan fingerprint density at radius 1 is 1.20 bits per heavy atom. The molecule has 0 bridgehead atoms. The van der Waals surface area contributed by atoms with Gasteiger partial charge in [0.25, 0.3) is 0 Å². The quantitative estimate of drug-likeness (QED) is 0.316. The molecule has 1 heterocycles. The number of hydrogen-bond donors (Lipinski definition) is 3. The van der Waals surface area contributed by atoms with Crippen molar-refractivity contribution in [2.24, 2.45) is 11.7 Å². The zero-order chi connectivity index (χ0) is 25.4. The minimum absolute atomic E-state index is 0.0867. The van der Waals surface area contributed by atoms with E-state index in [9.17, 15) is 19.5 Å². The van der Waals surface area contributed by atoms with E-state index in [2.05, 4.69) is 5.32 Å². The monoisotopic (exact) mass is 482 g/mol. The largest absolute Gasteiger partial charge is 0.391 e. The average molecular weight is 483 g/mol. The summed E-state index contributed by atoms with van der Waals surface area (Å²) in [6, 6.07) is 13.1. The zero-order valence-electron chi connectivity index (χ0n) is 20.7. The summed E-state index contributed by atoms with van der Waals surface area (Å²) in [4.78, 5) is 42.0. The molecule has 1 aliphatic heterocycles.